The molecule has 9 nitrogen and oxygen atoms in total. The summed E-state index contributed by atoms with van der Waals surface area (Å²) in [6, 6.07) is 6.15. The Morgan fingerprint density at radius 2 is 2.00 bits per heavy atom. The van der Waals surface area contributed by atoms with Crippen molar-refractivity contribution in [3.8, 4) is 22.9 Å². The van der Waals surface area contributed by atoms with Crippen molar-refractivity contribution < 1.29 is 18.3 Å². The van der Waals surface area contributed by atoms with E-state index in [1.165, 1.54) is 29.6 Å². The van der Waals surface area contributed by atoms with Crippen molar-refractivity contribution >= 4 is 22.8 Å². The lowest BCUT2D eigenvalue weighted by Crippen LogP contribution is -2.49. The van der Waals surface area contributed by atoms with E-state index in [1.807, 2.05) is 18.4 Å². The smallest absolute Gasteiger partial charge is 0.322 e. The van der Waals surface area contributed by atoms with Crippen LogP contribution in [0.5, 0.6) is 11.8 Å². The summed E-state index contributed by atoms with van der Waals surface area (Å²) in [5.74, 6) is -2.37. The summed E-state index contributed by atoms with van der Waals surface area (Å²) in [6.07, 6.45) is 2.87. The fraction of sp³-hybridized carbons (Fsp3) is 0.240. The number of rotatable bonds is 4. The number of nitrogen functional groups attached to an aromatic ring is 1. The van der Waals surface area contributed by atoms with E-state index in [0.717, 1.165) is 0 Å². The zero-order valence-electron chi connectivity index (χ0n) is 19.9. The summed E-state index contributed by atoms with van der Waals surface area (Å²) in [5.41, 5.74) is 8.45. The largest absolute Gasteiger partial charge is 0.421 e. The van der Waals surface area contributed by atoms with Gasteiger partial charge in [-0.15, -0.1) is 0 Å². The highest BCUT2D eigenvalue weighted by atomic mass is 19.1. The van der Waals surface area contributed by atoms with Crippen LogP contribution in [0.3, 0.4) is 0 Å². The van der Waals surface area contributed by atoms with Gasteiger partial charge in [0.25, 0.3) is 5.91 Å². The van der Waals surface area contributed by atoms with Gasteiger partial charge in [0.2, 0.25) is 0 Å². The van der Waals surface area contributed by atoms with E-state index in [2.05, 4.69) is 26.5 Å². The number of halogens is 2. The predicted octanol–water partition coefficient (Wildman–Crippen LogP) is 4.27. The van der Waals surface area contributed by atoms with Gasteiger partial charge in [-0.25, -0.2) is 28.7 Å². The maximum absolute atomic E-state index is 15.2. The van der Waals surface area contributed by atoms with E-state index < -0.39 is 23.1 Å². The van der Waals surface area contributed by atoms with Crippen LogP contribution in [0, 0.1) is 12.7 Å². The first-order valence-electron chi connectivity index (χ1n) is 11.1. The van der Waals surface area contributed by atoms with Crippen molar-refractivity contribution in [1.82, 2.24) is 29.4 Å². The summed E-state index contributed by atoms with van der Waals surface area (Å²) >= 11 is 0. The maximum Gasteiger partial charge on any atom is 0.322 e. The minimum atomic E-state index is -1.05. The molecule has 3 aromatic heterocycles. The minimum absolute atomic E-state index is 0.0216. The van der Waals surface area contributed by atoms with Crippen LogP contribution in [-0.4, -0.2) is 41.9 Å². The number of aromatic nitrogens is 5. The van der Waals surface area contributed by atoms with Crippen molar-refractivity contribution in [3.05, 3.63) is 66.4 Å². The molecule has 1 aromatic carbocycles. The topological polar surface area (TPSA) is 112 Å². The van der Waals surface area contributed by atoms with Gasteiger partial charge < -0.3 is 19.9 Å². The van der Waals surface area contributed by atoms with Crippen LogP contribution < -0.4 is 10.5 Å². The van der Waals surface area contributed by atoms with Crippen molar-refractivity contribution in [1.29, 1.82) is 0 Å². The number of carbonyl (C=O) groups is 1. The van der Waals surface area contributed by atoms with Crippen LogP contribution in [0.4, 0.5) is 14.6 Å². The first-order valence-corrected chi connectivity index (χ1v) is 11.1. The molecule has 0 spiro atoms. The summed E-state index contributed by atoms with van der Waals surface area (Å²) in [5, 5.41) is 0.518. The molecule has 0 saturated carbocycles. The molecule has 0 atom stereocenters. The summed E-state index contributed by atoms with van der Waals surface area (Å²) in [7, 11) is 0. The van der Waals surface area contributed by atoms with E-state index in [-0.39, 0.29) is 30.7 Å². The average Bonchev–Trinajstić information content (AvgIpc) is 3.16. The van der Waals surface area contributed by atoms with E-state index in [9.17, 15) is 9.18 Å². The van der Waals surface area contributed by atoms with Crippen LogP contribution >= 0.6 is 0 Å². The molecule has 1 aliphatic rings. The molecule has 0 saturated heterocycles. The van der Waals surface area contributed by atoms with Gasteiger partial charge in [0.1, 0.15) is 17.8 Å². The lowest BCUT2D eigenvalue weighted by atomic mass is 9.97. The van der Waals surface area contributed by atoms with E-state index >= 15 is 4.39 Å². The molecular weight excluding hydrogens is 468 g/mol. The fourth-order valence-electron chi connectivity index (χ4n) is 4.70. The molecule has 0 radical (unpaired) electrons. The molecular formula is C25H23F2N7O2. The second-order valence-corrected chi connectivity index (χ2v) is 9.22. The number of amides is 1. The zero-order chi connectivity index (χ0) is 25.8. The van der Waals surface area contributed by atoms with E-state index in [0.29, 0.717) is 33.5 Å². The second kappa shape index (κ2) is 8.36. The van der Waals surface area contributed by atoms with Crippen molar-refractivity contribution in [2.75, 3.05) is 12.3 Å². The Bertz CT molecular complexity index is 1550. The molecule has 184 valence electrons. The zero-order valence-corrected chi connectivity index (χ0v) is 19.9. The minimum Gasteiger partial charge on any atom is -0.421 e. The third-order valence-electron chi connectivity index (χ3n) is 6.11. The molecule has 4 heterocycles. The number of hydrogen-bond acceptors (Lipinski definition) is 7. The number of benzene rings is 1. The molecule has 5 rings (SSSR count). The van der Waals surface area contributed by atoms with Gasteiger partial charge in [-0.05, 0) is 44.5 Å². The molecule has 1 amide bonds. The summed E-state index contributed by atoms with van der Waals surface area (Å²) in [4.78, 5) is 30.6. The van der Waals surface area contributed by atoms with Gasteiger partial charge in [-0.2, -0.15) is 0 Å². The number of nitrogens with zero attached hydrogens (tertiary/aromatic N) is 6. The first kappa shape index (κ1) is 23.3. The van der Waals surface area contributed by atoms with Gasteiger partial charge in [0, 0.05) is 29.7 Å². The monoisotopic (exact) mass is 491 g/mol. The van der Waals surface area contributed by atoms with Crippen LogP contribution in [-0.2, 0) is 16.9 Å². The predicted molar refractivity (Wildman–Crippen MR) is 129 cm³/mol. The highest BCUT2D eigenvalue weighted by Crippen LogP contribution is 2.43. The third kappa shape index (κ3) is 3.82. The number of anilines is 1. The number of aryl methyl sites for hydroxylation is 1. The Balaban J connectivity index is 1.67. The highest BCUT2D eigenvalue weighted by Gasteiger charge is 2.39. The Kier molecular flexibility index (Phi) is 5.42. The number of fused-ring (bicyclic) bond motifs is 3. The van der Waals surface area contributed by atoms with E-state index in [4.69, 9.17) is 10.5 Å². The molecule has 0 fully saturated rings. The van der Waals surface area contributed by atoms with Crippen LogP contribution in [0.25, 0.3) is 22.2 Å². The molecule has 36 heavy (non-hydrogen) atoms. The molecule has 0 aliphatic carbocycles. The van der Waals surface area contributed by atoms with Crippen LogP contribution in [0.2, 0.25) is 0 Å². The molecule has 4 aromatic rings. The number of nitrogens with two attached hydrogens (primary N) is 1. The van der Waals surface area contributed by atoms with Crippen LogP contribution in [0.15, 0.2) is 49.2 Å². The molecule has 0 bridgehead atoms. The fourth-order valence-corrected chi connectivity index (χ4v) is 4.70. The van der Waals surface area contributed by atoms with Gasteiger partial charge >= 0.3 is 6.01 Å². The van der Waals surface area contributed by atoms with Gasteiger partial charge in [-0.3, -0.25) is 4.79 Å². The highest BCUT2D eigenvalue weighted by molar-refractivity contribution is 6.03. The van der Waals surface area contributed by atoms with Crippen molar-refractivity contribution in [2.24, 2.45) is 0 Å². The van der Waals surface area contributed by atoms with Crippen LogP contribution in [0.1, 0.15) is 25.2 Å². The normalized spacial score (nSPS) is 14.5. The first-order chi connectivity index (χ1) is 17.1. The maximum atomic E-state index is 15.2. The quantitative estimate of drug-likeness (QED) is 0.424. The lowest BCUT2D eigenvalue weighted by molar-refractivity contribution is -0.131. The van der Waals surface area contributed by atoms with Gasteiger partial charge in [0.05, 0.1) is 17.5 Å². The van der Waals surface area contributed by atoms with Gasteiger partial charge in [-0.1, -0.05) is 12.6 Å². The third-order valence-corrected chi connectivity index (χ3v) is 6.11. The van der Waals surface area contributed by atoms with Gasteiger partial charge in [0.15, 0.2) is 17.4 Å². The standard InChI is InChI=1S/C25H23F2N7O2/c1-13-7-8-29-24(32-13)36-18-6-5-15(9-16(18)27)19-17-10-33(23(35)14(2)26)11-25(3,4)34(17)22-20(19)21(28)30-12-31-22/h5-9,12H,2,10-11H2,1,3-4H3,(H2,28,30,31). The summed E-state index contributed by atoms with van der Waals surface area (Å²) < 4.78 is 36.5. The molecule has 11 heteroatoms. The van der Waals surface area contributed by atoms with E-state index in [1.54, 1.807) is 19.1 Å². The van der Waals surface area contributed by atoms with Crippen molar-refractivity contribution in [3.63, 3.8) is 0 Å². The Labute approximate surface area is 205 Å². The Morgan fingerprint density at radius 1 is 1.22 bits per heavy atom. The van der Waals surface area contributed by atoms with Crippen molar-refractivity contribution in [2.45, 2.75) is 32.9 Å². The number of ether oxygens (including phenoxy) is 1. The summed E-state index contributed by atoms with van der Waals surface area (Å²) in [6.45, 7) is 8.99. The second-order valence-electron chi connectivity index (χ2n) is 9.22. The Morgan fingerprint density at radius 3 is 2.69 bits per heavy atom. The molecule has 1 aliphatic heterocycles. The SMILES string of the molecule is C=C(F)C(=O)N1Cc2c(-c3ccc(Oc4nccc(C)n4)c(F)c3)c3c(N)ncnc3n2C(C)(C)C1. The lowest BCUT2D eigenvalue weighted by Gasteiger charge is -2.40. The molecule has 2 N–H and O–H groups in total. The number of carbonyl (C=O) groups excluding carboxylic acids is 1. The Hall–Kier alpha value is -4.41. The average molecular weight is 492 g/mol. The number of hydrogen-bond donors (Lipinski definition) is 1. The molecule has 0 unspecified atom stereocenters.